The summed E-state index contributed by atoms with van der Waals surface area (Å²) in [4.78, 5) is 40.2. The molecule has 0 saturated heterocycles. The fourth-order valence-electron chi connectivity index (χ4n) is 0.500. The van der Waals surface area contributed by atoms with Gasteiger partial charge in [0.05, 0.1) is 12.1 Å². The van der Waals surface area contributed by atoms with Gasteiger partial charge >= 0.3 is 71.1 Å². The Morgan fingerprint density at radius 2 is 1.57 bits per heavy atom. The Balaban J connectivity index is -0.000000605. The van der Waals surface area contributed by atoms with Gasteiger partial charge in [0.15, 0.2) is 0 Å². The van der Waals surface area contributed by atoms with Crippen LogP contribution in [0.3, 0.4) is 0 Å². The quantitative estimate of drug-likeness (QED) is 0.368. The first-order valence-electron chi connectivity index (χ1n) is 2.71. The van der Waals surface area contributed by atoms with Crippen molar-refractivity contribution in [2.24, 2.45) is 0 Å². The molecule has 10 heteroatoms. The largest absolute Gasteiger partial charge is 1.00 e. The minimum absolute atomic E-state index is 0. The van der Waals surface area contributed by atoms with Crippen molar-refractivity contribution < 1.29 is 93.3 Å². The molecule has 0 rings (SSSR count). The van der Waals surface area contributed by atoms with Gasteiger partial charge in [0, 0.05) is 0 Å². The number of hydrogen-bond donors (Lipinski definition) is 2. The van der Waals surface area contributed by atoms with Gasteiger partial charge < -0.3 is 24.6 Å². The Labute approximate surface area is 124 Å². The molecule has 0 radical (unpaired) electrons. The van der Waals surface area contributed by atoms with E-state index in [4.69, 9.17) is 10.2 Å². The zero-order valence-electron chi connectivity index (χ0n) is 7.67. The van der Waals surface area contributed by atoms with E-state index in [9.17, 15) is 23.9 Å². The molecular formula is C4H5Na2O7P. The predicted octanol–water partition coefficient (Wildman–Crippen LogP) is -8.16. The number of carbonyl (C=O) groups is 2. The minimum atomic E-state index is -5.37. The van der Waals surface area contributed by atoms with Crippen LogP contribution in [0.1, 0.15) is 6.42 Å². The van der Waals surface area contributed by atoms with Gasteiger partial charge in [-0.1, -0.05) is 7.60 Å². The summed E-state index contributed by atoms with van der Waals surface area (Å²) < 4.78 is 10.1. The maximum atomic E-state index is 10.1. The van der Waals surface area contributed by atoms with E-state index in [1.807, 2.05) is 0 Å². The monoisotopic (exact) mass is 242 g/mol. The average Bonchev–Trinajstić information content (AvgIpc) is 1.79. The molecule has 0 heterocycles. The molecule has 14 heavy (non-hydrogen) atoms. The molecular weight excluding hydrogens is 237 g/mol. The van der Waals surface area contributed by atoms with Crippen LogP contribution in [-0.2, 0) is 14.2 Å². The van der Waals surface area contributed by atoms with Gasteiger partial charge in [-0.2, -0.15) is 0 Å². The zero-order chi connectivity index (χ0) is 9.94. The summed E-state index contributed by atoms with van der Waals surface area (Å²) in [6, 6.07) is 0. The number of carboxylic acids is 2. The van der Waals surface area contributed by atoms with Crippen molar-refractivity contribution >= 4 is 19.5 Å². The van der Waals surface area contributed by atoms with Gasteiger partial charge in [-0.3, -0.25) is 9.59 Å². The van der Waals surface area contributed by atoms with Crippen molar-refractivity contribution in [3.8, 4) is 0 Å². The van der Waals surface area contributed by atoms with Gasteiger partial charge in [0.25, 0.3) is 0 Å². The Morgan fingerprint density at radius 3 is 1.64 bits per heavy atom. The van der Waals surface area contributed by atoms with Gasteiger partial charge in [0.2, 0.25) is 0 Å². The fraction of sp³-hybridized carbons (Fsp3) is 0.500. The number of rotatable bonds is 4. The van der Waals surface area contributed by atoms with Crippen molar-refractivity contribution in [3.63, 3.8) is 0 Å². The maximum Gasteiger partial charge on any atom is 1.00 e. The molecule has 0 aromatic rings. The Morgan fingerprint density at radius 1 is 1.21 bits per heavy atom. The van der Waals surface area contributed by atoms with Crippen molar-refractivity contribution in [3.05, 3.63) is 0 Å². The van der Waals surface area contributed by atoms with Gasteiger partial charge in [0.1, 0.15) is 0 Å². The second-order valence-electron chi connectivity index (χ2n) is 1.99. The van der Waals surface area contributed by atoms with E-state index in [0.717, 1.165) is 0 Å². The molecule has 0 fully saturated rings. The summed E-state index contributed by atoms with van der Waals surface area (Å²) in [6.07, 6.45) is -1.21. The number of aliphatic carboxylic acids is 2. The molecule has 0 aromatic carbocycles. The third-order valence-electron chi connectivity index (χ3n) is 1.03. The molecule has 0 saturated carbocycles. The van der Waals surface area contributed by atoms with Crippen LogP contribution in [0, 0.1) is 0 Å². The van der Waals surface area contributed by atoms with Gasteiger partial charge in [-0.25, -0.2) is 0 Å². The first kappa shape index (κ1) is 20.5. The van der Waals surface area contributed by atoms with Gasteiger partial charge in [-0.05, 0) is 0 Å². The molecule has 70 valence electrons. The standard InChI is InChI=1S/C4H7O7P.2Na/c5-3(6)1-2(4(7)8)12(9,10)11;;/h2H,1H2,(H,5,6)(H,7,8)(H2,9,10,11);;/q;2*+1/p-2. The van der Waals surface area contributed by atoms with Crippen molar-refractivity contribution in [1.29, 1.82) is 0 Å². The van der Waals surface area contributed by atoms with E-state index in [-0.39, 0.29) is 59.1 Å². The number of carboxylic acid groups (broad SMARTS) is 2. The molecule has 2 N–H and O–H groups in total. The molecule has 0 amide bonds. The molecule has 7 nitrogen and oxygen atoms in total. The second kappa shape index (κ2) is 8.27. The van der Waals surface area contributed by atoms with Crippen LogP contribution in [0.5, 0.6) is 0 Å². The molecule has 0 aliphatic rings. The van der Waals surface area contributed by atoms with Crippen LogP contribution in [0.4, 0.5) is 0 Å². The smallest absolute Gasteiger partial charge is 0.810 e. The molecule has 1 atom stereocenters. The Hall–Kier alpha value is 1.09. The summed E-state index contributed by atoms with van der Waals surface area (Å²) >= 11 is 0. The Kier molecular flexibility index (Phi) is 12.1. The molecule has 0 aliphatic heterocycles. The van der Waals surface area contributed by atoms with Gasteiger partial charge in [-0.15, -0.1) is 0 Å². The van der Waals surface area contributed by atoms with Crippen LogP contribution in [0.25, 0.3) is 0 Å². The fourth-order valence-corrected chi connectivity index (χ4v) is 1.15. The van der Waals surface area contributed by atoms with Crippen LogP contribution in [0.2, 0.25) is 0 Å². The SMILES string of the molecule is O=C(O)CC(C(=O)O)P(=O)([O-])[O-].[Na+].[Na+]. The van der Waals surface area contributed by atoms with Crippen molar-refractivity contribution in [1.82, 2.24) is 0 Å². The summed E-state index contributed by atoms with van der Waals surface area (Å²) in [5.41, 5.74) is -2.38. The van der Waals surface area contributed by atoms with Crippen LogP contribution in [-0.4, -0.2) is 27.8 Å². The average molecular weight is 242 g/mol. The van der Waals surface area contributed by atoms with Crippen LogP contribution in [0.15, 0.2) is 0 Å². The van der Waals surface area contributed by atoms with E-state index in [0.29, 0.717) is 0 Å². The third kappa shape index (κ3) is 8.40. The summed E-state index contributed by atoms with van der Waals surface area (Å²) in [5.74, 6) is -3.58. The first-order chi connectivity index (χ1) is 5.25. The minimum Gasteiger partial charge on any atom is -0.810 e. The zero-order valence-corrected chi connectivity index (χ0v) is 12.6. The van der Waals surface area contributed by atoms with E-state index in [1.54, 1.807) is 0 Å². The molecule has 0 spiro atoms. The Bertz CT molecular complexity index is 248. The van der Waals surface area contributed by atoms with E-state index in [2.05, 4.69) is 0 Å². The molecule has 0 aliphatic carbocycles. The van der Waals surface area contributed by atoms with Crippen molar-refractivity contribution in [2.75, 3.05) is 0 Å². The first-order valence-corrected chi connectivity index (χ1v) is 4.32. The van der Waals surface area contributed by atoms with E-state index < -0.39 is 31.6 Å². The van der Waals surface area contributed by atoms with Crippen molar-refractivity contribution in [2.45, 2.75) is 12.1 Å². The topological polar surface area (TPSA) is 138 Å². The molecule has 0 aromatic heterocycles. The van der Waals surface area contributed by atoms with Crippen LogP contribution >= 0.6 is 7.60 Å². The van der Waals surface area contributed by atoms with Crippen LogP contribution < -0.4 is 68.9 Å². The molecule has 1 unspecified atom stereocenters. The third-order valence-corrected chi connectivity index (χ3v) is 2.20. The summed E-state index contributed by atoms with van der Waals surface area (Å²) in [6.45, 7) is 0. The normalized spacial score (nSPS) is 11.9. The maximum absolute atomic E-state index is 10.1. The van der Waals surface area contributed by atoms with E-state index in [1.165, 1.54) is 0 Å². The second-order valence-corrected chi connectivity index (χ2v) is 3.69. The predicted molar refractivity (Wildman–Crippen MR) is 31.3 cm³/mol. The molecule has 0 bridgehead atoms. The van der Waals surface area contributed by atoms with E-state index >= 15 is 0 Å². The summed E-state index contributed by atoms with van der Waals surface area (Å²) in [5, 5.41) is 16.2. The number of hydrogen-bond acceptors (Lipinski definition) is 5. The summed E-state index contributed by atoms with van der Waals surface area (Å²) in [7, 11) is -5.37.